The van der Waals surface area contributed by atoms with E-state index in [0.29, 0.717) is 32.4 Å². The first-order valence-corrected chi connectivity index (χ1v) is 12.2. The maximum Gasteiger partial charge on any atom is 0.243 e. The van der Waals surface area contributed by atoms with Gasteiger partial charge in [-0.25, -0.2) is 0 Å². The Hall–Kier alpha value is -3.60. The van der Waals surface area contributed by atoms with Crippen molar-refractivity contribution in [3.05, 3.63) is 102 Å². The molecule has 0 saturated heterocycles. The predicted molar refractivity (Wildman–Crippen MR) is 140 cm³/mol. The molecule has 3 rings (SSSR count). The molecule has 0 aliphatic carbocycles. The number of carbonyl (C=O) groups excluding carboxylic acids is 2. The second-order valence-corrected chi connectivity index (χ2v) is 9.72. The average molecular weight is 473 g/mol. The second kappa shape index (κ2) is 12.7. The van der Waals surface area contributed by atoms with E-state index in [2.05, 4.69) is 5.32 Å². The minimum atomic E-state index is -0.626. The molecule has 0 unspecified atom stereocenters. The fourth-order valence-corrected chi connectivity index (χ4v) is 3.86. The van der Waals surface area contributed by atoms with Gasteiger partial charge in [0.1, 0.15) is 11.8 Å². The summed E-state index contributed by atoms with van der Waals surface area (Å²) in [6, 6.07) is 28.6. The van der Waals surface area contributed by atoms with Crippen molar-refractivity contribution in [1.29, 1.82) is 0 Å². The maximum absolute atomic E-state index is 13.6. The number of carbonyl (C=O) groups is 2. The lowest BCUT2D eigenvalue weighted by Gasteiger charge is -2.34. The van der Waals surface area contributed by atoms with Crippen LogP contribution in [-0.2, 0) is 22.6 Å². The highest BCUT2D eigenvalue weighted by Gasteiger charge is 2.31. The van der Waals surface area contributed by atoms with E-state index < -0.39 is 11.6 Å². The number of ether oxygens (including phenoxy) is 1. The Morgan fingerprint density at radius 2 is 1.37 bits per heavy atom. The topological polar surface area (TPSA) is 58.6 Å². The maximum atomic E-state index is 13.6. The zero-order chi connectivity index (χ0) is 25.1. The summed E-state index contributed by atoms with van der Waals surface area (Å²) in [5.41, 5.74) is 1.60. The van der Waals surface area contributed by atoms with Crippen molar-refractivity contribution in [3.63, 3.8) is 0 Å². The smallest absolute Gasteiger partial charge is 0.243 e. The molecule has 2 amide bonds. The Kier molecular flexibility index (Phi) is 9.47. The number of nitrogens with zero attached hydrogens (tertiary/aromatic N) is 1. The van der Waals surface area contributed by atoms with Gasteiger partial charge in [-0.2, -0.15) is 0 Å². The van der Waals surface area contributed by atoms with Crippen LogP contribution in [0.1, 0.15) is 44.7 Å². The summed E-state index contributed by atoms with van der Waals surface area (Å²) in [7, 11) is 0. The minimum Gasteiger partial charge on any atom is -0.494 e. The lowest BCUT2D eigenvalue weighted by Crippen LogP contribution is -2.54. The molecule has 184 valence electrons. The van der Waals surface area contributed by atoms with Crippen LogP contribution >= 0.6 is 0 Å². The van der Waals surface area contributed by atoms with Gasteiger partial charge >= 0.3 is 0 Å². The molecule has 0 aliphatic rings. The van der Waals surface area contributed by atoms with Gasteiger partial charge in [0, 0.05) is 24.9 Å². The quantitative estimate of drug-likeness (QED) is 0.380. The molecule has 5 heteroatoms. The SMILES string of the molecule is CC(C)(C)NC(=O)[C@@H](Cc1ccccc1)N(Cc1ccccc1)C(=O)CCCOc1ccccc1. The first kappa shape index (κ1) is 26.0. The lowest BCUT2D eigenvalue weighted by molar-refractivity contribution is -0.142. The van der Waals surface area contributed by atoms with Crippen molar-refractivity contribution in [2.24, 2.45) is 0 Å². The molecule has 5 nitrogen and oxygen atoms in total. The van der Waals surface area contributed by atoms with E-state index in [1.807, 2.05) is 112 Å². The molecule has 0 bridgehead atoms. The highest BCUT2D eigenvalue weighted by molar-refractivity contribution is 5.88. The molecule has 1 atom stereocenters. The second-order valence-electron chi connectivity index (χ2n) is 9.72. The molecule has 0 saturated carbocycles. The van der Waals surface area contributed by atoms with Crippen LogP contribution in [0.2, 0.25) is 0 Å². The molecule has 0 aliphatic heterocycles. The van der Waals surface area contributed by atoms with Crippen molar-refractivity contribution < 1.29 is 14.3 Å². The molecule has 0 spiro atoms. The van der Waals surface area contributed by atoms with Crippen molar-refractivity contribution >= 4 is 11.8 Å². The summed E-state index contributed by atoms with van der Waals surface area (Å²) in [5.74, 6) is 0.578. The zero-order valence-corrected chi connectivity index (χ0v) is 20.9. The summed E-state index contributed by atoms with van der Waals surface area (Å²) in [4.78, 5) is 28.8. The normalized spacial score (nSPS) is 12.0. The summed E-state index contributed by atoms with van der Waals surface area (Å²) in [6.07, 6.45) is 1.31. The standard InChI is InChI=1S/C30H36N2O3/c1-30(2,3)31-29(34)27(22-24-14-7-4-8-15-24)32(23-25-16-9-5-10-17-25)28(33)20-13-21-35-26-18-11-6-12-19-26/h4-12,14-19,27H,13,20-23H2,1-3H3,(H,31,34)/t27-/m1/s1. The van der Waals surface area contributed by atoms with E-state index in [9.17, 15) is 9.59 Å². The number of nitrogens with one attached hydrogen (secondary N) is 1. The Balaban J connectivity index is 1.79. The van der Waals surface area contributed by atoms with Crippen molar-refractivity contribution in [3.8, 4) is 5.75 Å². The van der Waals surface area contributed by atoms with Gasteiger partial charge < -0.3 is 15.0 Å². The van der Waals surface area contributed by atoms with E-state index in [0.717, 1.165) is 16.9 Å². The van der Waals surface area contributed by atoms with E-state index in [1.165, 1.54) is 0 Å². The molecular formula is C30H36N2O3. The zero-order valence-electron chi connectivity index (χ0n) is 20.9. The van der Waals surface area contributed by atoms with Gasteiger partial charge in [0.05, 0.1) is 6.61 Å². The van der Waals surface area contributed by atoms with Crippen LogP contribution < -0.4 is 10.1 Å². The predicted octanol–water partition coefficient (Wildman–Crippen LogP) is 5.40. The average Bonchev–Trinajstić information content (AvgIpc) is 2.84. The van der Waals surface area contributed by atoms with E-state index in [4.69, 9.17) is 4.74 Å². The van der Waals surface area contributed by atoms with Gasteiger partial charge in [-0.15, -0.1) is 0 Å². The Morgan fingerprint density at radius 1 is 0.829 bits per heavy atom. The molecule has 3 aromatic carbocycles. The van der Waals surface area contributed by atoms with Crippen molar-refractivity contribution in [1.82, 2.24) is 10.2 Å². The monoisotopic (exact) mass is 472 g/mol. The van der Waals surface area contributed by atoms with Gasteiger partial charge in [0.2, 0.25) is 11.8 Å². The number of rotatable bonds is 11. The summed E-state index contributed by atoms with van der Waals surface area (Å²) >= 11 is 0. The largest absolute Gasteiger partial charge is 0.494 e. The first-order valence-electron chi connectivity index (χ1n) is 12.2. The van der Waals surface area contributed by atoms with Gasteiger partial charge in [0.15, 0.2) is 0 Å². The van der Waals surface area contributed by atoms with E-state index in [1.54, 1.807) is 4.90 Å². The van der Waals surface area contributed by atoms with Crippen LogP contribution in [0.25, 0.3) is 0 Å². The molecule has 3 aromatic rings. The van der Waals surface area contributed by atoms with Gasteiger partial charge in [-0.05, 0) is 50.5 Å². The van der Waals surface area contributed by atoms with Gasteiger partial charge in [-0.3, -0.25) is 9.59 Å². The van der Waals surface area contributed by atoms with Crippen molar-refractivity contribution in [2.45, 2.75) is 58.2 Å². The Labute approximate surface area is 209 Å². The summed E-state index contributed by atoms with van der Waals surface area (Å²) in [6.45, 7) is 6.67. The molecule has 0 heterocycles. The number of hydrogen-bond donors (Lipinski definition) is 1. The molecule has 1 N–H and O–H groups in total. The van der Waals surface area contributed by atoms with Crippen LogP contribution in [0.5, 0.6) is 5.75 Å². The Morgan fingerprint density at radius 3 is 1.94 bits per heavy atom. The minimum absolute atomic E-state index is 0.0597. The first-order chi connectivity index (χ1) is 16.8. The third kappa shape index (κ3) is 8.93. The van der Waals surface area contributed by atoms with Crippen LogP contribution in [0.4, 0.5) is 0 Å². The summed E-state index contributed by atoms with van der Waals surface area (Å²) < 4.78 is 5.77. The molecule has 35 heavy (non-hydrogen) atoms. The van der Waals surface area contributed by atoms with E-state index in [-0.39, 0.29) is 11.8 Å². The number of amides is 2. The molecule has 0 radical (unpaired) electrons. The van der Waals surface area contributed by atoms with Crippen LogP contribution in [0.3, 0.4) is 0 Å². The van der Waals surface area contributed by atoms with Gasteiger partial charge in [-0.1, -0.05) is 78.9 Å². The van der Waals surface area contributed by atoms with Crippen molar-refractivity contribution in [2.75, 3.05) is 6.61 Å². The van der Waals surface area contributed by atoms with Gasteiger partial charge in [0.25, 0.3) is 0 Å². The van der Waals surface area contributed by atoms with Crippen LogP contribution in [0.15, 0.2) is 91.0 Å². The fourth-order valence-electron chi connectivity index (χ4n) is 3.86. The molecule has 0 fully saturated rings. The van der Waals surface area contributed by atoms with Crippen LogP contribution in [-0.4, -0.2) is 34.9 Å². The number of benzene rings is 3. The number of hydrogen-bond acceptors (Lipinski definition) is 3. The lowest BCUT2D eigenvalue weighted by atomic mass is 10.00. The highest BCUT2D eigenvalue weighted by Crippen LogP contribution is 2.18. The third-order valence-electron chi connectivity index (χ3n) is 5.51. The van der Waals surface area contributed by atoms with Crippen LogP contribution in [0, 0.1) is 0 Å². The van der Waals surface area contributed by atoms with E-state index >= 15 is 0 Å². The number of para-hydroxylation sites is 1. The Bertz CT molecular complexity index is 1050. The highest BCUT2D eigenvalue weighted by atomic mass is 16.5. The molecule has 0 aromatic heterocycles. The fraction of sp³-hybridized carbons (Fsp3) is 0.333. The summed E-state index contributed by atoms with van der Waals surface area (Å²) in [5, 5.41) is 3.09. The molecular weight excluding hydrogens is 436 g/mol. The third-order valence-corrected chi connectivity index (χ3v) is 5.51.